The van der Waals surface area contributed by atoms with Gasteiger partial charge in [0.2, 0.25) is 0 Å². The van der Waals surface area contributed by atoms with Crippen molar-refractivity contribution in [3.05, 3.63) is 47.8 Å². The molecule has 22 heavy (non-hydrogen) atoms. The van der Waals surface area contributed by atoms with Crippen LogP contribution in [0.15, 0.2) is 36.5 Å². The van der Waals surface area contributed by atoms with Crippen LogP contribution in [-0.4, -0.2) is 14.9 Å². The lowest BCUT2D eigenvalue weighted by molar-refractivity contribution is -0.136. The van der Waals surface area contributed by atoms with Crippen LogP contribution in [0.1, 0.15) is 18.2 Å². The second-order valence-electron chi connectivity index (χ2n) is 4.49. The van der Waals surface area contributed by atoms with Gasteiger partial charge in [0, 0.05) is 12.7 Å². The van der Waals surface area contributed by atoms with Crippen molar-refractivity contribution < 1.29 is 13.2 Å². The van der Waals surface area contributed by atoms with Gasteiger partial charge in [-0.1, -0.05) is 12.1 Å². The second-order valence-corrected chi connectivity index (χ2v) is 4.90. The van der Waals surface area contributed by atoms with E-state index in [1.54, 1.807) is 10.9 Å². The molecule has 0 radical (unpaired) electrons. The number of aryl methyl sites for hydroxylation is 1. The summed E-state index contributed by atoms with van der Waals surface area (Å²) in [6.45, 7) is 3.04. The number of hydrogen-bond acceptors (Lipinski definition) is 2. The Labute approximate surface area is 131 Å². The van der Waals surface area contributed by atoms with Crippen LogP contribution < -0.4 is 10.6 Å². The maximum atomic E-state index is 12.9. The van der Waals surface area contributed by atoms with Gasteiger partial charge in [-0.25, -0.2) is 0 Å². The van der Waals surface area contributed by atoms with Crippen molar-refractivity contribution in [3.63, 3.8) is 0 Å². The van der Waals surface area contributed by atoms with E-state index in [4.69, 9.17) is 12.2 Å². The number of nitrogens with one attached hydrogen (secondary N) is 2. The Balaban J connectivity index is 2.01. The standard InChI is InChI=1S/C14H15F3N4S/c1-2-21-10(7-8-19-21)9-18-13(22)20-12-6-4-3-5-11(12)14(15,16)17/h3-8H,2,9H2,1H3,(H2,18,20,22). The minimum atomic E-state index is -4.43. The van der Waals surface area contributed by atoms with Crippen LogP contribution >= 0.6 is 12.2 Å². The second kappa shape index (κ2) is 6.78. The van der Waals surface area contributed by atoms with E-state index < -0.39 is 11.7 Å². The lowest BCUT2D eigenvalue weighted by atomic mass is 10.1. The van der Waals surface area contributed by atoms with Crippen LogP contribution in [0.5, 0.6) is 0 Å². The molecule has 0 amide bonds. The zero-order valence-corrected chi connectivity index (χ0v) is 12.6. The zero-order valence-electron chi connectivity index (χ0n) is 11.8. The van der Waals surface area contributed by atoms with Gasteiger partial charge in [0.25, 0.3) is 0 Å². The SMILES string of the molecule is CCn1nccc1CNC(=S)Nc1ccccc1C(F)(F)F. The summed E-state index contributed by atoms with van der Waals surface area (Å²) in [5, 5.41) is 9.70. The van der Waals surface area contributed by atoms with Crippen molar-refractivity contribution >= 4 is 23.0 Å². The number of benzene rings is 1. The molecule has 0 atom stereocenters. The quantitative estimate of drug-likeness (QED) is 0.844. The third-order valence-electron chi connectivity index (χ3n) is 3.01. The molecular weight excluding hydrogens is 313 g/mol. The molecule has 4 nitrogen and oxygen atoms in total. The number of nitrogens with zero attached hydrogens (tertiary/aromatic N) is 2. The first kappa shape index (κ1) is 16.3. The Morgan fingerprint density at radius 2 is 2.00 bits per heavy atom. The van der Waals surface area contributed by atoms with Gasteiger partial charge in [-0.05, 0) is 37.3 Å². The van der Waals surface area contributed by atoms with E-state index in [2.05, 4.69) is 15.7 Å². The van der Waals surface area contributed by atoms with Crippen LogP contribution in [0.2, 0.25) is 0 Å². The Bertz CT molecular complexity index is 652. The number of anilines is 1. The van der Waals surface area contributed by atoms with Crippen LogP contribution in [0.3, 0.4) is 0 Å². The third kappa shape index (κ3) is 3.97. The Kier molecular flexibility index (Phi) is 5.02. The molecule has 0 aliphatic carbocycles. The smallest absolute Gasteiger partial charge is 0.357 e. The highest BCUT2D eigenvalue weighted by atomic mass is 32.1. The van der Waals surface area contributed by atoms with Gasteiger partial charge in [0.05, 0.1) is 23.5 Å². The first-order valence-electron chi connectivity index (χ1n) is 6.63. The van der Waals surface area contributed by atoms with Crippen LogP contribution in [0.4, 0.5) is 18.9 Å². The highest BCUT2D eigenvalue weighted by molar-refractivity contribution is 7.80. The summed E-state index contributed by atoms with van der Waals surface area (Å²) in [5.41, 5.74) is 0.0741. The number of para-hydroxylation sites is 1. The molecule has 0 unspecified atom stereocenters. The predicted octanol–water partition coefficient (Wildman–Crippen LogP) is 3.41. The van der Waals surface area contributed by atoms with Crippen molar-refractivity contribution in [3.8, 4) is 0 Å². The van der Waals surface area contributed by atoms with E-state index in [9.17, 15) is 13.2 Å². The maximum Gasteiger partial charge on any atom is 0.418 e. The molecule has 8 heteroatoms. The van der Waals surface area contributed by atoms with Gasteiger partial charge in [0.1, 0.15) is 0 Å². The van der Waals surface area contributed by atoms with Gasteiger partial charge in [0.15, 0.2) is 5.11 Å². The van der Waals surface area contributed by atoms with Gasteiger partial charge in [-0.15, -0.1) is 0 Å². The van der Waals surface area contributed by atoms with E-state index in [-0.39, 0.29) is 10.8 Å². The molecule has 0 spiro atoms. The molecule has 1 aromatic heterocycles. The highest BCUT2D eigenvalue weighted by Crippen LogP contribution is 2.34. The number of aromatic nitrogens is 2. The summed E-state index contributed by atoms with van der Waals surface area (Å²) < 4.78 is 40.5. The fourth-order valence-corrected chi connectivity index (χ4v) is 2.15. The van der Waals surface area contributed by atoms with Gasteiger partial charge in [-0.2, -0.15) is 18.3 Å². The molecular formula is C14H15F3N4S. The van der Waals surface area contributed by atoms with Crippen molar-refractivity contribution in [2.45, 2.75) is 26.2 Å². The molecule has 2 rings (SSSR count). The minimum absolute atomic E-state index is 0.0727. The number of hydrogen-bond donors (Lipinski definition) is 2. The summed E-state index contributed by atoms with van der Waals surface area (Å²) in [5.74, 6) is 0. The topological polar surface area (TPSA) is 41.9 Å². The summed E-state index contributed by atoms with van der Waals surface area (Å²) in [6, 6.07) is 7.03. The summed E-state index contributed by atoms with van der Waals surface area (Å²) in [6.07, 6.45) is -2.77. The third-order valence-corrected chi connectivity index (χ3v) is 3.26. The number of halogens is 3. The van der Waals surface area contributed by atoms with E-state index >= 15 is 0 Å². The molecule has 2 aromatic rings. The molecule has 0 bridgehead atoms. The lowest BCUT2D eigenvalue weighted by Crippen LogP contribution is -2.29. The fraction of sp³-hybridized carbons (Fsp3) is 0.286. The van der Waals surface area contributed by atoms with Crippen molar-refractivity contribution in [2.24, 2.45) is 0 Å². The first-order valence-corrected chi connectivity index (χ1v) is 7.04. The van der Waals surface area contributed by atoms with Gasteiger partial charge < -0.3 is 10.6 Å². The van der Waals surface area contributed by atoms with Gasteiger partial charge >= 0.3 is 6.18 Å². The Hall–Kier alpha value is -2.09. The monoisotopic (exact) mass is 328 g/mol. The number of rotatable bonds is 4. The normalized spacial score (nSPS) is 11.3. The van der Waals surface area contributed by atoms with E-state index in [0.29, 0.717) is 13.1 Å². The average Bonchev–Trinajstić information content (AvgIpc) is 2.92. The molecule has 0 saturated heterocycles. The van der Waals surface area contributed by atoms with E-state index in [1.807, 2.05) is 13.0 Å². The number of thiocarbonyl (C=S) groups is 1. The largest absolute Gasteiger partial charge is 0.418 e. The lowest BCUT2D eigenvalue weighted by Gasteiger charge is -2.16. The van der Waals surface area contributed by atoms with Crippen LogP contribution in [-0.2, 0) is 19.3 Å². The molecule has 118 valence electrons. The maximum absolute atomic E-state index is 12.9. The summed E-state index contributed by atoms with van der Waals surface area (Å²) >= 11 is 5.05. The summed E-state index contributed by atoms with van der Waals surface area (Å²) in [7, 11) is 0. The van der Waals surface area contributed by atoms with E-state index in [0.717, 1.165) is 11.8 Å². The predicted molar refractivity (Wildman–Crippen MR) is 82.4 cm³/mol. The Morgan fingerprint density at radius 1 is 1.27 bits per heavy atom. The van der Waals surface area contributed by atoms with Gasteiger partial charge in [-0.3, -0.25) is 4.68 Å². The Morgan fingerprint density at radius 3 is 2.68 bits per heavy atom. The molecule has 2 N–H and O–H groups in total. The molecule has 0 aliphatic heterocycles. The molecule has 0 aliphatic rings. The van der Waals surface area contributed by atoms with Crippen molar-refractivity contribution in [2.75, 3.05) is 5.32 Å². The average molecular weight is 328 g/mol. The molecule has 0 fully saturated rings. The van der Waals surface area contributed by atoms with Crippen molar-refractivity contribution in [1.82, 2.24) is 15.1 Å². The number of alkyl halides is 3. The van der Waals surface area contributed by atoms with Crippen molar-refractivity contribution in [1.29, 1.82) is 0 Å². The van der Waals surface area contributed by atoms with Crippen LogP contribution in [0.25, 0.3) is 0 Å². The van der Waals surface area contributed by atoms with Crippen LogP contribution in [0, 0.1) is 0 Å². The van der Waals surface area contributed by atoms with E-state index in [1.165, 1.54) is 18.2 Å². The zero-order chi connectivity index (χ0) is 16.2. The highest BCUT2D eigenvalue weighted by Gasteiger charge is 2.33. The minimum Gasteiger partial charge on any atom is -0.357 e. The molecule has 1 aromatic carbocycles. The first-order chi connectivity index (χ1) is 10.4. The molecule has 1 heterocycles. The molecule has 0 saturated carbocycles. The summed E-state index contributed by atoms with van der Waals surface area (Å²) in [4.78, 5) is 0. The fourth-order valence-electron chi connectivity index (χ4n) is 1.97.